The van der Waals surface area contributed by atoms with Crippen LogP contribution in [0.1, 0.15) is 66.4 Å². The number of carbonyl (C=O) groups excluding carboxylic acids is 2. The van der Waals surface area contributed by atoms with E-state index in [0.29, 0.717) is 44.2 Å². The van der Waals surface area contributed by atoms with Crippen molar-refractivity contribution >= 4 is 27.6 Å². The molecule has 10 nitrogen and oxygen atoms in total. The van der Waals surface area contributed by atoms with Crippen molar-refractivity contribution in [3.05, 3.63) is 59.2 Å². The molecule has 2 aliphatic rings. The maximum Gasteiger partial charge on any atom is 0.326 e. The monoisotopic (exact) mass is 628 g/mol. The van der Waals surface area contributed by atoms with Crippen molar-refractivity contribution in [2.45, 2.75) is 70.6 Å². The lowest BCUT2D eigenvalue weighted by Crippen LogP contribution is -2.47. The first-order chi connectivity index (χ1) is 21.0. The number of carboxylic acids is 1. The third-order valence-corrected chi connectivity index (χ3v) is 9.44. The van der Waals surface area contributed by atoms with Gasteiger partial charge < -0.3 is 24.8 Å². The zero-order valence-electron chi connectivity index (χ0n) is 25.6. The van der Waals surface area contributed by atoms with Gasteiger partial charge >= 0.3 is 5.97 Å². The van der Waals surface area contributed by atoms with Crippen molar-refractivity contribution < 1.29 is 37.4 Å². The van der Waals surface area contributed by atoms with Crippen LogP contribution in [0.2, 0.25) is 0 Å². The number of hydrogen-bond acceptors (Lipinski definition) is 7. The van der Waals surface area contributed by atoms with E-state index in [2.05, 4.69) is 5.32 Å². The Kier molecular flexibility index (Phi) is 11.9. The lowest BCUT2D eigenvalue weighted by Gasteiger charge is -2.32. The van der Waals surface area contributed by atoms with Crippen LogP contribution in [0.4, 0.5) is 0 Å². The van der Waals surface area contributed by atoms with E-state index >= 15 is 0 Å². The van der Waals surface area contributed by atoms with E-state index in [9.17, 15) is 27.9 Å². The third-order valence-electron chi connectivity index (χ3n) is 8.47. The summed E-state index contributed by atoms with van der Waals surface area (Å²) < 4.78 is 35.1. The molecule has 2 amide bonds. The second-order valence-corrected chi connectivity index (χ2v) is 14.2. The molecule has 2 aromatic rings. The van der Waals surface area contributed by atoms with Gasteiger partial charge in [0.15, 0.2) is 0 Å². The van der Waals surface area contributed by atoms with E-state index in [0.717, 1.165) is 35.8 Å². The summed E-state index contributed by atoms with van der Waals surface area (Å²) in [7, 11) is -3.41. The van der Waals surface area contributed by atoms with Crippen LogP contribution in [0.15, 0.2) is 42.5 Å². The SMILES string of the molecule is Cc1ccccc1-c1cc(COC(CC2CCCCC2)C(=O)N2CCOCC2)ccc1C(=O)N[C@@H](CCS(C)(=O)=O)C(=O)O. The van der Waals surface area contributed by atoms with Gasteiger partial charge in [-0.3, -0.25) is 9.59 Å². The first-order valence-electron chi connectivity index (χ1n) is 15.4. The maximum absolute atomic E-state index is 13.5. The predicted molar refractivity (Wildman–Crippen MR) is 167 cm³/mol. The number of rotatable bonds is 13. The van der Waals surface area contributed by atoms with Crippen LogP contribution in [0.25, 0.3) is 11.1 Å². The summed E-state index contributed by atoms with van der Waals surface area (Å²) in [5, 5.41) is 12.2. The minimum Gasteiger partial charge on any atom is -0.480 e. The van der Waals surface area contributed by atoms with Crippen molar-refractivity contribution in [1.82, 2.24) is 10.2 Å². The fourth-order valence-corrected chi connectivity index (χ4v) is 6.62. The number of aliphatic carboxylic acids is 1. The van der Waals surface area contributed by atoms with Crippen molar-refractivity contribution in [3.63, 3.8) is 0 Å². The van der Waals surface area contributed by atoms with Crippen LogP contribution < -0.4 is 5.32 Å². The number of ether oxygens (including phenoxy) is 2. The molecule has 1 saturated carbocycles. The molecule has 1 aliphatic carbocycles. The first kappa shape index (κ1) is 33.6. The summed E-state index contributed by atoms with van der Waals surface area (Å²) in [5.74, 6) is -1.86. The normalized spacial score (nSPS) is 17.5. The molecule has 0 radical (unpaired) electrons. The number of amides is 2. The van der Waals surface area contributed by atoms with E-state index in [-0.39, 0.29) is 30.3 Å². The second kappa shape index (κ2) is 15.6. The molecule has 2 aromatic carbocycles. The highest BCUT2D eigenvalue weighted by molar-refractivity contribution is 7.90. The molecule has 2 N–H and O–H groups in total. The average Bonchev–Trinajstić information content (AvgIpc) is 3.01. The summed E-state index contributed by atoms with van der Waals surface area (Å²) in [4.78, 5) is 40.7. The number of nitrogens with zero attached hydrogens (tertiary/aromatic N) is 1. The van der Waals surface area contributed by atoms with Crippen LogP contribution >= 0.6 is 0 Å². The summed E-state index contributed by atoms with van der Waals surface area (Å²) in [6, 6.07) is 11.4. The van der Waals surface area contributed by atoms with E-state index in [1.54, 1.807) is 12.1 Å². The molecule has 1 aliphatic heterocycles. The number of sulfone groups is 1. The smallest absolute Gasteiger partial charge is 0.326 e. The van der Waals surface area contributed by atoms with Crippen molar-refractivity contribution in [2.24, 2.45) is 5.92 Å². The Balaban J connectivity index is 1.57. The van der Waals surface area contributed by atoms with Gasteiger partial charge in [-0.05, 0) is 60.1 Å². The number of morpholine rings is 1. The lowest BCUT2D eigenvalue weighted by molar-refractivity contribution is -0.150. The summed E-state index contributed by atoms with van der Waals surface area (Å²) >= 11 is 0. The van der Waals surface area contributed by atoms with Crippen LogP contribution in [0, 0.1) is 12.8 Å². The average molecular weight is 629 g/mol. The third kappa shape index (κ3) is 9.61. The van der Waals surface area contributed by atoms with Gasteiger partial charge in [0.2, 0.25) is 0 Å². The predicted octanol–water partition coefficient (Wildman–Crippen LogP) is 3.99. The number of carboxylic acid groups (broad SMARTS) is 1. The van der Waals surface area contributed by atoms with E-state index in [4.69, 9.17) is 9.47 Å². The molecule has 2 fully saturated rings. The van der Waals surface area contributed by atoms with E-state index in [1.807, 2.05) is 42.2 Å². The van der Waals surface area contributed by atoms with Crippen molar-refractivity contribution in [2.75, 3.05) is 38.3 Å². The highest BCUT2D eigenvalue weighted by Crippen LogP contribution is 2.31. The van der Waals surface area contributed by atoms with Crippen LogP contribution in [0.5, 0.6) is 0 Å². The Hall–Kier alpha value is -3.28. The molecule has 11 heteroatoms. The molecule has 0 bridgehead atoms. The van der Waals surface area contributed by atoms with E-state index < -0.39 is 33.9 Å². The zero-order valence-corrected chi connectivity index (χ0v) is 26.4. The van der Waals surface area contributed by atoms with Gasteiger partial charge in [0.05, 0.1) is 25.6 Å². The Morgan fingerprint density at radius 2 is 1.75 bits per heavy atom. The molecule has 0 aromatic heterocycles. The Bertz CT molecular complexity index is 1410. The van der Waals surface area contributed by atoms with Gasteiger partial charge in [0.1, 0.15) is 22.0 Å². The van der Waals surface area contributed by atoms with Gasteiger partial charge in [0.25, 0.3) is 11.8 Å². The number of nitrogens with one attached hydrogen (secondary N) is 1. The molecular formula is C33H44N2O8S. The highest BCUT2D eigenvalue weighted by atomic mass is 32.2. The Labute approximate surface area is 260 Å². The quantitative estimate of drug-likeness (QED) is 0.340. The number of benzene rings is 2. The molecule has 240 valence electrons. The molecule has 44 heavy (non-hydrogen) atoms. The molecule has 4 rings (SSSR count). The summed E-state index contributed by atoms with van der Waals surface area (Å²) in [6.45, 7) is 4.22. The Morgan fingerprint density at radius 1 is 1.05 bits per heavy atom. The van der Waals surface area contributed by atoms with Gasteiger partial charge in [-0.25, -0.2) is 13.2 Å². The minimum absolute atomic E-state index is 0.0113. The maximum atomic E-state index is 13.5. The fraction of sp³-hybridized carbons (Fsp3) is 0.545. The van der Waals surface area contributed by atoms with Gasteiger partial charge in [-0.15, -0.1) is 0 Å². The lowest BCUT2D eigenvalue weighted by atomic mass is 9.85. The van der Waals surface area contributed by atoms with Crippen LogP contribution in [-0.4, -0.2) is 86.7 Å². The zero-order chi connectivity index (χ0) is 31.7. The second-order valence-electron chi connectivity index (χ2n) is 12.0. The minimum atomic E-state index is -3.41. The highest BCUT2D eigenvalue weighted by Gasteiger charge is 2.30. The van der Waals surface area contributed by atoms with Crippen LogP contribution in [0.3, 0.4) is 0 Å². The van der Waals surface area contributed by atoms with Crippen LogP contribution in [-0.2, 0) is 35.5 Å². The molecular weight excluding hydrogens is 584 g/mol. The number of aryl methyl sites for hydroxylation is 1. The van der Waals surface area contributed by atoms with Gasteiger partial charge in [-0.2, -0.15) is 0 Å². The summed E-state index contributed by atoms with van der Waals surface area (Å²) in [6.07, 6.45) is 6.64. The largest absolute Gasteiger partial charge is 0.480 e. The number of hydrogen-bond donors (Lipinski definition) is 2. The van der Waals surface area contributed by atoms with Crippen molar-refractivity contribution in [1.29, 1.82) is 0 Å². The molecule has 1 heterocycles. The fourth-order valence-electron chi connectivity index (χ4n) is 5.95. The number of carbonyl (C=O) groups is 3. The molecule has 1 unspecified atom stereocenters. The van der Waals surface area contributed by atoms with Gasteiger partial charge in [-0.1, -0.05) is 62.4 Å². The topological polar surface area (TPSA) is 139 Å². The molecule has 1 saturated heterocycles. The molecule has 0 spiro atoms. The van der Waals surface area contributed by atoms with Crippen molar-refractivity contribution in [3.8, 4) is 11.1 Å². The Morgan fingerprint density at radius 3 is 2.41 bits per heavy atom. The van der Waals surface area contributed by atoms with Gasteiger partial charge in [0, 0.05) is 24.9 Å². The standard InChI is InChI=1S/C33H44N2O8S/c1-23-8-6-7-11-26(23)28-20-25(12-13-27(28)31(36)34-29(33(38)39)14-19-44(2,40)41)22-43-30(21-24-9-4-3-5-10-24)32(37)35-15-17-42-18-16-35/h6-8,11-13,20,24,29-30H,3-5,9-10,14-19,21-22H2,1-2H3,(H,34,36)(H,38,39)/t29-,30?/m0/s1. The molecule has 2 atom stereocenters. The first-order valence-corrected chi connectivity index (χ1v) is 17.5. The van der Waals surface area contributed by atoms with E-state index in [1.165, 1.54) is 19.3 Å². The summed E-state index contributed by atoms with van der Waals surface area (Å²) in [5.41, 5.74) is 3.35.